The number of amides is 1. The molecule has 1 heterocycles. The minimum absolute atomic E-state index is 0.185. The van der Waals surface area contributed by atoms with Crippen LogP contribution in [0.1, 0.15) is 34.3 Å². The molecule has 0 aliphatic rings. The number of aryl methyl sites for hydroxylation is 2. The summed E-state index contributed by atoms with van der Waals surface area (Å²) in [5.74, 6) is 0.351. The molecule has 0 aliphatic heterocycles. The van der Waals surface area contributed by atoms with Crippen LogP contribution in [-0.4, -0.2) is 11.1 Å². The van der Waals surface area contributed by atoms with Crippen molar-refractivity contribution < 1.29 is 9.32 Å². The van der Waals surface area contributed by atoms with E-state index in [0.29, 0.717) is 35.0 Å². The molecule has 2 aromatic rings. The average molecular weight is 279 g/mol. The molecule has 0 fully saturated rings. The molecule has 0 atom stereocenters. The van der Waals surface area contributed by atoms with Crippen LogP contribution in [0.3, 0.4) is 0 Å². The lowest BCUT2D eigenvalue weighted by Crippen LogP contribution is -2.24. The molecule has 19 heavy (non-hydrogen) atoms. The quantitative estimate of drug-likeness (QED) is 0.935. The van der Waals surface area contributed by atoms with E-state index in [1.165, 1.54) is 0 Å². The van der Waals surface area contributed by atoms with Crippen molar-refractivity contribution in [3.8, 4) is 0 Å². The summed E-state index contributed by atoms with van der Waals surface area (Å²) in [6.45, 7) is 4.05. The Labute approximate surface area is 116 Å². The molecule has 5 heteroatoms. The zero-order valence-electron chi connectivity index (χ0n) is 10.9. The topological polar surface area (TPSA) is 55.1 Å². The van der Waals surface area contributed by atoms with Crippen molar-refractivity contribution in [2.75, 3.05) is 0 Å². The van der Waals surface area contributed by atoms with Gasteiger partial charge in [-0.25, -0.2) is 0 Å². The average Bonchev–Trinajstić information content (AvgIpc) is 2.78. The second-order valence-corrected chi connectivity index (χ2v) is 4.60. The highest BCUT2D eigenvalue weighted by Gasteiger charge is 2.18. The molecule has 0 unspecified atom stereocenters. The zero-order chi connectivity index (χ0) is 13.8. The number of halogens is 1. The summed E-state index contributed by atoms with van der Waals surface area (Å²) < 4.78 is 5.05. The number of aromatic nitrogens is 1. The van der Waals surface area contributed by atoms with Gasteiger partial charge in [-0.3, -0.25) is 4.79 Å². The van der Waals surface area contributed by atoms with Crippen molar-refractivity contribution in [3.63, 3.8) is 0 Å². The second-order valence-electron chi connectivity index (χ2n) is 4.19. The van der Waals surface area contributed by atoms with Gasteiger partial charge in [0.2, 0.25) is 0 Å². The van der Waals surface area contributed by atoms with Crippen LogP contribution < -0.4 is 5.32 Å². The van der Waals surface area contributed by atoms with Crippen molar-refractivity contribution in [2.24, 2.45) is 0 Å². The number of nitrogens with one attached hydrogen (secondary N) is 1. The summed E-state index contributed by atoms with van der Waals surface area (Å²) in [5.41, 5.74) is 2.08. The Bertz CT molecular complexity index is 593. The Morgan fingerprint density at radius 2 is 2.16 bits per heavy atom. The fraction of sp³-hybridized carbons (Fsp3) is 0.286. The van der Waals surface area contributed by atoms with E-state index in [1.54, 1.807) is 13.0 Å². The maximum absolute atomic E-state index is 12.1. The molecule has 0 saturated heterocycles. The molecule has 1 aromatic carbocycles. The van der Waals surface area contributed by atoms with Crippen LogP contribution in [0.15, 0.2) is 28.8 Å². The van der Waals surface area contributed by atoms with Crippen molar-refractivity contribution in [1.29, 1.82) is 0 Å². The number of benzene rings is 1. The van der Waals surface area contributed by atoms with Crippen molar-refractivity contribution in [2.45, 2.75) is 26.8 Å². The Kier molecular flexibility index (Phi) is 4.22. The highest BCUT2D eigenvalue weighted by Crippen LogP contribution is 2.16. The molecule has 0 bridgehead atoms. The van der Waals surface area contributed by atoms with Gasteiger partial charge in [-0.15, -0.1) is 0 Å². The van der Waals surface area contributed by atoms with Crippen molar-refractivity contribution in [3.05, 3.63) is 51.9 Å². The fourth-order valence-corrected chi connectivity index (χ4v) is 2.06. The Morgan fingerprint density at radius 1 is 1.42 bits per heavy atom. The van der Waals surface area contributed by atoms with E-state index >= 15 is 0 Å². The van der Waals surface area contributed by atoms with Gasteiger partial charge >= 0.3 is 0 Å². The smallest absolute Gasteiger partial charge is 0.257 e. The van der Waals surface area contributed by atoms with Crippen LogP contribution in [0, 0.1) is 6.92 Å². The first kappa shape index (κ1) is 13.6. The molecule has 0 aliphatic carbocycles. The predicted octanol–water partition coefficient (Wildman–Crippen LogP) is 3.13. The second kappa shape index (κ2) is 5.89. The summed E-state index contributed by atoms with van der Waals surface area (Å²) in [5, 5.41) is 7.34. The monoisotopic (exact) mass is 278 g/mol. The molecule has 0 radical (unpaired) electrons. The maximum Gasteiger partial charge on any atom is 0.257 e. The first-order valence-corrected chi connectivity index (χ1v) is 6.48. The van der Waals surface area contributed by atoms with E-state index in [-0.39, 0.29) is 5.91 Å². The molecule has 0 saturated carbocycles. The van der Waals surface area contributed by atoms with Gasteiger partial charge in [-0.2, -0.15) is 0 Å². The van der Waals surface area contributed by atoms with Crippen molar-refractivity contribution in [1.82, 2.24) is 10.5 Å². The summed E-state index contributed by atoms with van der Waals surface area (Å²) in [6.07, 6.45) is 0.659. The molecule has 2 rings (SSSR count). The van der Waals surface area contributed by atoms with Gasteiger partial charge in [0, 0.05) is 11.6 Å². The van der Waals surface area contributed by atoms with Crippen LogP contribution in [0.5, 0.6) is 0 Å². The first-order valence-electron chi connectivity index (χ1n) is 6.10. The van der Waals surface area contributed by atoms with Gasteiger partial charge < -0.3 is 9.84 Å². The molecule has 0 spiro atoms. The van der Waals surface area contributed by atoms with E-state index in [1.807, 2.05) is 25.1 Å². The zero-order valence-corrected chi connectivity index (χ0v) is 11.6. The largest absolute Gasteiger partial charge is 0.361 e. The Hall–Kier alpha value is -1.81. The summed E-state index contributed by atoms with van der Waals surface area (Å²) in [4.78, 5) is 12.1. The van der Waals surface area contributed by atoms with Crippen molar-refractivity contribution >= 4 is 17.5 Å². The van der Waals surface area contributed by atoms with Gasteiger partial charge in [0.15, 0.2) is 0 Å². The lowest BCUT2D eigenvalue weighted by molar-refractivity contribution is 0.0948. The molecule has 1 aromatic heterocycles. The number of rotatable bonds is 4. The third-order valence-corrected chi connectivity index (χ3v) is 3.26. The number of nitrogens with zero attached hydrogens (tertiary/aromatic N) is 1. The minimum atomic E-state index is -0.185. The van der Waals surface area contributed by atoms with Crippen LogP contribution in [0.2, 0.25) is 5.02 Å². The van der Waals surface area contributed by atoms with Crippen LogP contribution in [0.25, 0.3) is 0 Å². The summed E-state index contributed by atoms with van der Waals surface area (Å²) in [7, 11) is 0. The van der Waals surface area contributed by atoms with Gasteiger partial charge in [0.1, 0.15) is 11.3 Å². The molecule has 4 nitrogen and oxygen atoms in total. The van der Waals surface area contributed by atoms with E-state index < -0.39 is 0 Å². The molecular weight excluding hydrogens is 264 g/mol. The van der Waals surface area contributed by atoms with Crippen LogP contribution in [0.4, 0.5) is 0 Å². The number of hydrogen-bond donors (Lipinski definition) is 1. The molecule has 100 valence electrons. The summed E-state index contributed by atoms with van der Waals surface area (Å²) >= 11 is 6.04. The van der Waals surface area contributed by atoms with E-state index in [2.05, 4.69) is 10.5 Å². The van der Waals surface area contributed by atoms with Crippen LogP contribution >= 0.6 is 11.6 Å². The third kappa shape index (κ3) is 2.96. The Morgan fingerprint density at radius 3 is 2.84 bits per heavy atom. The molecule has 1 N–H and O–H groups in total. The number of carbonyl (C=O) groups excluding carboxylic acids is 1. The minimum Gasteiger partial charge on any atom is -0.361 e. The van der Waals surface area contributed by atoms with E-state index in [4.69, 9.17) is 16.1 Å². The lowest BCUT2D eigenvalue weighted by Gasteiger charge is -2.06. The first-order chi connectivity index (χ1) is 9.13. The van der Waals surface area contributed by atoms with Gasteiger partial charge in [-0.1, -0.05) is 41.9 Å². The summed E-state index contributed by atoms with van der Waals surface area (Å²) in [6, 6.07) is 7.41. The van der Waals surface area contributed by atoms with Gasteiger partial charge in [-0.05, 0) is 25.0 Å². The highest BCUT2D eigenvalue weighted by atomic mass is 35.5. The normalized spacial score (nSPS) is 10.5. The maximum atomic E-state index is 12.1. The SMILES string of the molecule is CCc1noc(C)c1C(=O)NCc1ccccc1Cl. The molecular formula is C14H15ClN2O2. The third-order valence-electron chi connectivity index (χ3n) is 2.89. The highest BCUT2D eigenvalue weighted by molar-refractivity contribution is 6.31. The van der Waals surface area contributed by atoms with Crippen LogP contribution in [-0.2, 0) is 13.0 Å². The lowest BCUT2D eigenvalue weighted by atomic mass is 10.1. The van der Waals surface area contributed by atoms with Gasteiger partial charge in [0.05, 0.1) is 5.69 Å². The van der Waals surface area contributed by atoms with E-state index in [9.17, 15) is 4.79 Å². The van der Waals surface area contributed by atoms with Gasteiger partial charge in [0.25, 0.3) is 5.91 Å². The number of carbonyl (C=O) groups is 1. The standard InChI is InChI=1S/C14H15ClN2O2/c1-3-12-13(9(2)19-17-12)14(18)16-8-10-6-4-5-7-11(10)15/h4-7H,3,8H2,1-2H3,(H,16,18). The number of hydrogen-bond acceptors (Lipinski definition) is 3. The Balaban J connectivity index is 2.10. The fourth-order valence-electron chi connectivity index (χ4n) is 1.86. The van der Waals surface area contributed by atoms with E-state index in [0.717, 1.165) is 5.56 Å². The molecule has 1 amide bonds. The predicted molar refractivity (Wildman–Crippen MR) is 73.2 cm³/mol.